The summed E-state index contributed by atoms with van der Waals surface area (Å²) >= 11 is 0. The van der Waals surface area contributed by atoms with Crippen LogP contribution in [0.4, 0.5) is 4.79 Å². The van der Waals surface area contributed by atoms with Gasteiger partial charge in [-0.3, -0.25) is 0 Å². The molecule has 0 radical (unpaired) electrons. The molecule has 1 saturated carbocycles. The monoisotopic (exact) mass is 335 g/mol. The number of nitrogens with zero attached hydrogens (tertiary/aromatic N) is 1. The topological polar surface area (TPSA) is 72.5 Å². The van der Waals surface area contributed by atoms with Crippen LogP contribution in [-0.4, -0.2) is 35.9 Å². The van der Waals surface area contributed by atoms with Crippen molar-refractivity contribution in [3.63, 3.8) is 0 Å². The van der Waals surface area contributed by atoms with E-state index in [9.17, 15) is 4.79 Å². The highest BCUT2D eigenvalue weighted by molar-refractivity contribution is 5.68. The highest BCUT2D eigenvalue weighted by Crippen LogP contribution is 2.21. The van der Waals surface area contributed by atoms with Gasteiger partial charge in [-0.25, -0.2) is 9.78 Å². The van der Waals surface area contributed by atoms with Gasteiger partial charge in [-0.05, 0) is 52.5 Å². The average molecular weight is 335 g/mol. The van der Waals surface area contributed by atoms with E-state index in [4.69, 9.17) is 9.47 Å². The zero-order chi connectivity index (χ0) is 17.6. The zero-order valence-corrected chi connectivity index (χ0v) is 15.1. The zero-order valence-electron chi connectivity index (χ0n) is 15.1. The lowest BCUT2D eigenvalue weighted by atomic mass is 9.91. The van der Waals surface area contributed by atoms with E-state index >= 15 is 0 Å². The molecule has 2 unspecified atom stereocenters. The Hall–Kier alpha value is -1.82. The van der Waals surface area contributed by atoms with Gasteiger partial charge >= 0.3 is 6.09 Å². The summed E-state index contributed by atoms with van der Waals surface area (Å²) in [5.41, 5.74) is 0.579. The van der Waals surface area contributed by atoms with Crippen molar-refractivity contribution in [1.82, 2.24) is 15.6 Å². The third kappa shape index (κ3) is 6.00. The number of amides is 1. The summed E-state index contributed by atoms with van der Waals surface area (Å²) in [6.45, 7) is 6.33. The second kappa shape index (κ2) is 8.33. The Morgan fingerprint density at radius 1 is 1.33 bits per heavy atom. The fraction of sp³-hybridized carbons (Fsp3) is 0.667. The predicted octanol–water partition coefficient (Wildman–Crippen LogP) is 3.02. The van der Waals surface area contributed by atoms with Crippen molar-refractivity contribution in [2.75, 3.05) is 7.11 Å². The third-order valence-electron chi connectivity index (χ3n) is 4.02. The lowest BCUT2D eigenvalue weighted by molar-refractivity contribution is 0.0488. The molecule has 2 N–H and O–H groups in total. The molecular weight excluding hydrogens is 306 g/mol. The number of alkyl carbamates (subject to hydrolysis) is 1. The maximum absolute atomic E-state index is 11.9. The van der Waals surface area contributed by atoms with Gasteiger partial charge in [-0.2, -0.15) is 0 Å². The standard InChI is InChI=1S/C18H29N3O3/c1-18(2,3)24-17(22)21-15-9-5-8-14(11-15)20-12-13-7-6-10-19-16(13)23-4/h6-7,10,14-15,20H,5,8-9,11-12H2,1-4H3,(H,21,22). The van der Waals surface area contributed by atoms with E-state index in [-0.39, 0.29) is 12.1 Å². The average Bonchev–Trinajstić information content (AvgIpc) is 2.51. The number of hydrogen-bond acceptors (Lipinski definition) is 5. The molecule has 134 valence electrons. The predicted molar refractivity (Wildman–Crippen MR) is 93.0 cm³/mol. The van der Waals surface area contributed by atoms with Gasteiger partial charge in [0, 0.05) is 30.4 Å². The maximum atomic E-state index is 11.9. The van der Waals surface area contributed by atoms with E-state index in [2.05, 4.69) is 15.6 Å². The third-order valence-corrected chi connectivity index (χ3v) is 4.02. The lowest BCUT2D eigenvalue weighted by Crippen LogP contribution is -2.45. The number of carbonyl (C=O) groups is 1. The van der Waals surface area contributed by atoms with Crippen molar-refractivity contribution in [3.8, 4) is 5.88 Å². The normalized spacial score (nSPS) is 21.2. The van der Waals surface area contributed by atoms with E-state index in [0.29, 0.717) is 18.5 Å². The molecule has 1 aliphatic rings. The van der Waals surface area contributed by atoms with Gasteiger partial charge in [-0.1, -0.05) is 6.07 Å². The second-order valence-electron chi connectivity index (χ2n) is 7.26. The van der Waals surface area contributed by atoms with Gasteiger partial charge < -0.3 is 20.1 Å². The van der Waals surface area contributed by atoms with Crippen LogP contribution >= 0.6 is 0 Å². The number of rotatable bonds is 5. The Bertz CT molecular complexity index is 543. The fourth-order valence-electron chi connectivity index (χ4n) is 2.98. The van der Waals surface area contributed by atoms with E-state index in [1.54, 1.807) is 13.3 Å². The minimum atomic E-state index is -0.465. The second-order valence-corrected chi connectivity index (χ2v) is 7.26. The highest BCUT2D eigenvalue weighted by Gasteiger charge is 2.25. The number of ether oxygens (including phenoxy) is 2. The SMILES string of the molecule is COc1ncccc1CNC1CCCC(NC(=O)OC(C)(C)C)C1. The van der Waals surface area contributed by atoms with Crippen LogP contribution in [0.3, 0.4) is 0 Å². The molecule has 1 aromatic heterocycles. The molecule has 1 fully saturated rings. The quantitative estimate of drug-likeness (QED) is 0.865. The Morgan fingerprint density at radius 3 is 2.79 bits per heavy atom. The largest absolute Gasteiger partial charge is 0.481 e. The van der Waals surface area contributed by atoms with Crippen molar-refractivity contribution in [3.05, 3.63) is 23.9 Å². The van der Waals surface area contributed by atoms with Gasteiger partial charge in [0.1, 0.15) is 5.60 Å². The van der Waals surface area contributed by atoms with Crippen molar-refractivity contribution in [2.24, 2.45) is 0 Å². The molecule has 0 bridgehead atoms. The molecule has 24 heavy (non-hydrogen) atoms. The Balaban J connectivity index is 1.81. The summed E-state index contributed by atoms with van der Waals surface area (Å²) < 4.78 is 10.6. The van der Waals surface area contributed by atoms with Crippen LogP contribution in [0.2, 0.25) is 0 Å². The summed E-state index contributed by atoms with van der Waals surface area (Å²) in [5, 5.41) is 6.54. The number of hydrogen-bond donors (Lipinski definition) is 2. The smallest absolute Gasteiger partial charge is 0.407 e. The number of methoxy groups -OCH3 is 1. The summed E-state index contributed by atoms with van der Waals surface area (Å²) in [5.74, 6) is 0.657. The van der Waals surface area contributed by atoms with Gasteiger partial charge in [0.05, 0.1) is 7.11 Å². The number of aromatic nitrogens is 1. The highest BCUT2D eigenvalue weighted by atomic mass is 16.6. The van der Waals surface area contributed by atoms with E-state index in [1.165, 1.54) is 0 Å². The molecule has 0 aliphatic heterocycles. The first-order valence-corrected chi connectivity index (χ1v) is 8.58. The first-order valence-electron chi connectivity index (χ1n) is 8.58. The van der Waals surface area contributed by atoms with Crippen LogP contribution in [0, 0.1) is 0 Å². The molecule has 0 aromatic carbocycles. The fourth-order valence-corrected chi connectivity index (χ4v) is 2.98. The summed E-state index contributed by atoms with van der Waals surface area (Å²) in [6, 6.07) is 4.44. The first kappa shape index (κ1) is 18.5. The number of nitrogens with one attached hydrogen (secondary N) is 2. The molecule has 2 rings (SSSR count). The van der Waals surface area contributed by atoms with Crippen LogP contribution < -0.4 is 15.4 Å². The lowest BCUT2D eigenvalue weighted by Gasteiger charge is -2.31. The minimum absolute atomic E-state index is 0.155. The van der Waals surface area contributed by atoms with Crippen LogP contribution in [0.15, 0.2) is 18.3 Å². The van der Waals surface area contributed by atoms with E-state index in [0.717, 1.165) is 31.2 Å². The molecule has 1 heterocycles. The Kier molecular flexibility index (Phi) is 6.43. The molecule has 0 saturated heterocycles. The number of carbonyl (C=O) groups excluding carboxylic acids is 1. The van der Waals surface area contributed by atoms with Crippen molar-refractivity contribution in [2.45, 2.75) is 70.7 Å². The van der Waals surface area contributed by atoms with Crippen LogP contribution in [0.5, 0.6) is 5.88 Å². The van der Waals surface area contributed by atoms with Crippen molar-refractivity contribution < 1.29 is 14.3 Å². The molecular formula is C18H29N3O3. The van der Waals surface area contributed by atoms with E-state index in [1.807, 2.05) is 32.9 Å². The first-order chi connectivity index (χ1) is 11.4. The molecule has 0 spiro atoms. The molecule has 6 nitrogen and oxygen atoms in total. The Labute approximate surface area is 144 Å². The summed E-state index contributed by atoms with van der Waals surface area (Å²) in [7, 11) is 1.63. The van der Waals surface area contributed by atoms with Gasteiger partial charge in [0.15, 0.2) is 0 Å². The summed E-state index contributed by atoms with van der Waals surface area (Å²) in [4.78, 5) is 16.1. The van der Waals surface area contributed by atoms with Crippen molar-refractivity contribution >= 4 is 6.09 Å². The van der Waals surface area contributed by atoms with Crippen LogP contribution in [0.25, 0.3) is 0 Å². The van der Waals surface area contributed by atoms with E-state index < -0.39 is 5.60 Å². The molecule has 6 heteroatoms. The maximum Gasteiger partial charge on any atom is 0.407 e. The summed E-state index contributed by atoms with van der Waals surface area (Å²) in [6.07, 6.45) is 5.48. The van der Waals surface area contributed by atoms with Crippen molar-refractivity contribution in [1.29, 1.82) is 0 Å². The molecule has 1 amide bonds. The minimum Gasteiger partial charge on any atom is -0.481 e. The molecule has 2 atom stereocenters. The molecule has 1 aliphatic carbocycles. The Morgan fingerprint density at radius 2 is 2.08 bits per heavy atom. The van der Waals surface area contributed by atoms with Gasteiger partial charge in [0.25, 0.3) is 0 Å². The van der Waals surface area contributed by atoms with Crippen LogP contribution in [-0.2, 0) is 11.3 Å². The van der Waals surface area contributed by atoms with Gasteiger partial charge in [0.2, 0.25) is 5.88 Å². The molecule has 1 aromatic rings. The number of pyridine rings is 1. The van der Waals surface area contributed by atoms with Crippen LogP contribution in [0.1, 0.15) is 52.0 Å². The van der Waals surface area contributed by atoms with Gasteiger partial charge in [-0.15, -0.1) is 0 Å².